The molecule has 0 atom stereocenters. The molecule has 2 amide bonds. The molecule has 0 spiro atoms. The van der Waals surface area contributed by atoms with Crippen molar-refractivity contribution in [1.29, 1.82) is 0 Å². The molecule has 2 N–H and O–H groups in total. The minimum Gasteiger partial charge on any atom is -0.494 e. The van der Waals surface area contributed by atoms with Gasteiger partial charge in [0.2, 0.25) is 5.88 Å². The van der Waals surface area contributed by atoms with Gasteiger partial charge < -0.3 is 20.1 Å². The van der Waals surface area contributed by atoms with Gasteiger partial charge in [-0.2, -0.15) is 4.52 Å². The van der Waals surface area contributed by atoms with Crippen LogP contribution in [0.4, 0.5) is 14.9 Å². The highest BCUT2D eigenvalue weighted by molar-refractivity contribution is 5.89. The molecule has 0 saturated carbocycles. The third kappa shape index (κ3) is 5.09. The lowest BCUT2D eigenvalue weighted by molar-refractivity contribution is 0.246. The number of amides is 2. The van der Waals surface area contributed by atoms with Crippen LogP contribution >= 0.6 is 0 Å². The van der Waals surface area contributed by atoms with Crippen molar-refractivity contribution in [3.63, 3.8) is 0 Å². The fourth-order valence-corrected chi connectivity index (χ4v) is 2.95. The maximum Gasteiger partial charge on any atom is 0.319 e. The average molecular weight is 436 g/mol. The molecule has 2 aromatic heterocycles. The predicted molar refractivity (Wildman–Crippen MR) is 116 cm³/mol. The fourth-order valence-electron chi connectivity index (χ4n) is 2.95. The molecular formula is C22H21FN6O3. The Morgan fingerprint density at radius 2 is 1.91 bits per heavy atom. The molecule has 0 aliphatic rings. The van der Waals surface area contributed by atoms with Crippen LogP contribution in [-0.4, -0.2) is 45.6 Å². The summed E-state index contributed by atoms with van der Waals surface area (Å²) in [4.78, 5) is 12.0. The van der Waals surface area contributed by atoms with Crippen LogP contribution in [0.25, 0.3) is 17.0 Å². The Kier molecular flexibility index (Phi) is 6.40. The number of ether oxygens (including phenoxy) is 2. The first-order chi connectivity index (χ1) is 15.6. The lowest BCUT2D eigenvalue weighted by Crippen LogP contribution is -2.32. The van der Waals surface area contributed by atoms with E-state index in [1.54, 1.807) is 48.5 Å². The summed E-state index contributed by atoms with van der Waals surface area (Å²) in [5.74, 6) is 1.09. The van der Waals surface area contributed by atoms with Crippen LogP contribution in [0.3, 0.4) is 0 Å². The highest BCUT2D eigenvalue weighted by Crippen LogP contribution is 2.20. The van der Waals surface area contributed by atoms with E-state index in [2.05, 4.69) is 25.9 Å². The van der Waals surface area contributed by atoms with Crippen molar-refractivity contribution in [3.8, 4) is 23.0 Å². The highest BCUT2D eigenvalue weighted by atomic mass is 19.1. The molecule has 4 rings (SSSR count). The van der Waals surface area contributed by atoms with E-state index in [-0.39, 0.29) is 25.0 Å². The van der Waals surface area contributed by atoms with Crippen molar-refractivity contribution < 1.29 is 18.7 Å². The number of carbonyl (C=O) groups excluding carboxylic acids is 1. The van der Waals surface area contributed by atoms with Gasteiger partial charge in [-0.1, -0.05) is 12.1 Å². The molecule has 0 radical (unpaired) electrons. The number of hydrogen-bond donors (Lipinski definition) is 2. The van der Waals surface area contributed by atoms with Crippen LogP contribution in [0, 0.1) is 5.82 Å². The lowest BCUT2D eigenvalue weighted by atomic mass is 10.2. The zero-order chi connectivity index (χ0) is 22.3. The first-order valence-electron chi connectivity index (χ1n) is 10.0. The summed E-state index contributed by atoms with van der Waals surface area (Å²) in [5, 5.41) is 17.9. The molecule has 0 unspecified atom stereocenters. The second-order valence-corrected chi connectivity index (χ2v) is 6.66. The van der Waals surface area contributed by atoms with Crippen LogP contribution in [0.2, 0.25) is 0 Å². The van der Waals surface area contributed by atoms with Crippen LogP contribution in [-0.2, 0) is 0 Å². The molecule has 4 aromatic rings. The first-order valence-corrected chi connectivity index (χ1v) is 10.0. The summed E-state index contributed by atoms with van der Waals surface area (Å²) in [5.41, 5.74) is 1.70. The van der Waals surface area contributed by atoms with Crippen molar-refractivity contribution in [2.45, 2.75) is 6.92 Å². The molecule has 2 aromatic carbocycles. The minimum absolute atomic E-state index is 0.201. The van der Waals surface area contributed by atoms with Gasteiger partial charge >= 0.3 is 6.03 Å². The van der Waals surface area contributed by atoms with E-state index in [4.69, 9.17) is 9.47 Å². The molecule has 10 heteroatoms. The maximum atomic E-state index is 13.5. The quantitative estimate of drug-likeness (QED) is 0.410. The standard InChI is InChI=1S/C22H21FN6O3/c1-2-31-18-8-6-17(7-9-18)25-22(30)24-12-13-32-20-11-10-19-26-27-21(29(19)28-20)15-4-3-5-16(23)14-15/h3-11,14H,2,12-13H2,1H3,(H2,24,25,30). The maximum absolute atomic E-state index is 13.5. The van der Waals surface area contributed by atoms with E-state index in [1.165, 1.54) is 16.6 Å². The topological polar surface area (TPSA) is 103 Å². The molecule has 2 heterocycles. The molecular weight excluding hydrogens is 415 g/mol. The second-order valence-electron chi connectivity index (χ2n) is 6.66. The number of aromatic nitrogens is 4. The molecule has 0 aliphatic carbocycles. The van der Waals surface area contributed by atoms with E-state index in [9.17, 15) is 9.18 Å². The highest BCUT2D eigenvalue weighted by Gasteiger charge is 2.11. The molecule has 164 valence electrons. The van der Waals surface area contributed by atoms with Crippen LogP contribution in [0.1, 0.15) is 6.92 Å². The zero-order valence-electron chi connectivity index (χ0n) is 17.3. The summed E-state index contributed by atoms with van der Waals surface area (Å²) >= 11 is 0. The Hall–Kier alpha value is -4.21. The van der Waals surface area contributed by atoms with Crippen LogP contribution < -0.4 is 20.1 Å². The van der Waals surface area contributed by atoms with Gasteiger partial charge in [-0.15, -0.1) is 15.3 Å². The summed E-state index contributed by atoms with van der Waals surface area (Å²) in [6, 6.07) is 16.1. The van der Waals surface area contributed by atoms with Gasteiger partial charge in [-0.3, -0.25) is 0 Å². The Morgan fingerprint density at radius 1 is 1.06 bits per heavy atom. The van der Waals surface area contributed by atoms with Crippen LogP contribution in [0.15, 0.2) is 60.7 Å². The summed E-state index contributed by atoms with van der Waals surface area (Å²) in [7, 11) is 0. The van der Waals surface area contributed by atoms with E-state index >= 15 is 0 Å². The lowest BCUT2D eigenvalue weighted by Gasteiger charge is -2.09. The predicted octanol–water partition coefficient (Wildman–Crippen LogP) is 3.53. The van der Waals surface area contributed by atoms with Crippen molar-refractivity contribution >= 4 is 17.4 Å². The van der Waals surface area contributed by atoms with Crippen LogP contribution in [0.5, 0.6) is 11.6 Å². The number of rotatable bonds is 8. The Morgan fingerprint density at radius 3 is 2.69 bits per heavy atom. The van der Waals surface area contributed by atoms with Gasteiger partial charge in [-0.05, 0) is 49.4 Å². The largest absolute Gasteiger partial charge is 0.494 e. The summed E-state index contributed by atoms with van der Waals surface area (Å²) in [6.07, 6.45) is 0. The van der Waals surface area contributed by atoms with Gasteiger partial charge in [0, 0.05) is 17.3 Å². The minimum atomic E-state index is -0.374. The number of nitrogens with one attached hydrogen (secondary N) is 2. The average Bonchev–Trinajstić information content (AvgIpc) is 3.22. The smallest absolute Gasteiger partial charge is 0.319 e. The van der Waals surface area contributed by atoms with Crippen molar-refractivity contribution in [1.82, 2.24) is 25.1 Å². The third-order valence-corrected chi connectivity index (χ3v) is 4.38. The van der Waals surface area contributed by atoms with Gasteiger partial charge in [0.05, 0.1) is 13.2 Å². The van der Waals surface area contributed by atoms with Crippen molar-refractivity contribution in [3.05, 3.63) is 66.5 Å². The molecule has 0 fully saturated rings. The Labute approximate surface area is 183 Å². The number of carbonyl (C=O) groups is 1. The SMILES string of the molecule is CCOc1ccc(NC(=O)NCCOc2ccc3nnc(-c4cccc(F)c4)n3n2)cc1. The number of anilines is 1. The van der Waals surface area contributed by atoms with Crippen molar-refractivity contribution in [2.75, 3.05) is 25.1 Å². The molecule has 9 nitrogen and oxygen atoms in total. The monoisotopic (exact) mass is 436 g/mol. The van der Waals surface area contributed by atoms with E-state index in [0.29, 0.717) is 35.2 Å². The third-order valence-electron chi connectivity index (χ3n) is 4.38. The van der Waals surface area contributed by atoms with E-state index < -0.39 is 0 Å². The van der Waals surface area contributed by atoms with Gasteiger partial charge in [0.15, 0.2) is 11.5 Å². The number of hydrogen-bond acceptors (Lipinski definition) is 6. The Balaban J connectivity index is 1.30. The number of benzene rings is 2. The van der Waals surface area contributed by atoms with E-state index in [0.717, 1.165) is 5.75 Å². The van der Waals surface area contributed by atoms with Gasteiger partial charge in [0.25, 0.3) is 0 Å². The molecule has 32 heavy (non-hydrogen) atoms. The second kappa shape index (κ2) is 9.73. The number of nitrogens with zero attached hydrogens (tertiary/aromatic N) is 4. The summed E-state index contributed by atoms with van der Waals surface area (Å²) < 4.78 is 26.0. The summed E-state index contributed by atoms with van der Waals surface area (Å²) in [6.45, 7) is 2.96. The first kappa shape index (κ1) is 21.0. The number of fused-ring (bicyclic) bond motifs is 1. The van der Waals surface area contributed by atoms with Crippen molar-refractivity contribution in [2.24, 2.45) is 0 Å². The molecule has 0 aliphatic heterocycles. The molecule has 0 bridgehead atoms. The number of halogens is 1. The zero-order valence-corrected chi connectivity index (χ0v) is 17.3. The Bertz CT molecular complexity index is 1210. The van der Waals surface area contributed by atoms with Gasteiger partial charge in [-0.25, -0.2) is 9.18 Å². The molecule has 0 saturated heterocycles. The fraction of sp³-hybridized carbons (Fsp3) is 0.182. The van der Waals surface area contributed by atoms with Gasteiger partial charge in [0.1, 0.15) is 18.2 Å². The van der Waals surface area contributed by atoms with E-state index in [1.807, 2.05) is 6.92 Å². The normalized spacial score (nSPS) is 10.7. The number of urea groups is 1.